The standard InChI is InChI=1S/C20H18Cl2O3/c1-2-3-6-14-13-7-4-5-8-15(13)19(24)20(25,18(14)23)12-9-10-16(21)17(22)11-12/h4-11,19,24-25H,2-3H2,1H3/b14-6+/t19-,20+/m1/s1. The van der Waals surface area contributed by atoms with Gasteiger partial charge in [0.25, 0.3) is 0 Å². The molecule has 0 bridgehead atoms. The molecule has 130 valence electrons. The van der Waals surface area contributed by atoms with Crippen molar-refractivity contribution in [1.82, 2.24) is 0 Å². The molecule has 0 heterocycles. The zero-order valence-electron chi connectivity index (χ0n) is 13.7. The lowest BCUT2D eigenvalue weighted by molar-refractivity contribution is -0.148. The molecule has 2 aromatic carbocycles. The van der Waals surface area contributed by atoms with Crippen LogP contribution >= 0.6 is 23.2 Å². The maximum Gasteiger partial charge on any atom is 0.202 e. The lowest BCUT2D eigenvalue weighted by Gasteiger charge is -2.38. The van der Waals surface area contributed by atoms with E-state index < -0.39 is 17.5 Å². The number of carbonyl (C=O) groups is 1. The van der Waals surface area contributed by atoms with Gasteiger partial charge in [0.2, 0.25) is 5.78 Å². The molecular weight excluding hydrogens is 359 g/mol. The highest BCUT2D eigenvalue weighted by molar-refractivity contribution is 6.42. The minimum atomic E-state index is -2.11. The van der Waals surface area contributed by atoms with Crippen LogP contribution in [0.3, 0.4) is 0 Å². The number of hydrogen-bond acceptors (Lipinski definition) is 3. The molecule has 2 atom stereocenters. The third-order valence-electron chi connectivity index (χ3n) is 4.53. The molecular formula is C20H18Cl2O3. The van der Waals surface area contributed by atoms with Crippen LogP contribution in [0, 0.1) is 0 Å². The largest absolute Gasteiger partial charge is 0.384 e. The lowest BCUT2D eigenvalue weighted by atomic mass is 9.71. The van der Waals surface area contributed by atoms with Crippen LogP contribution in [0.5, 0.6) is 0 Å². The molecule has 0 amide bonds. The molecule has 5 heteroatoms. The molecule has 1 aliphatic carbocycles. The minimum Gasteiger partial charge on any atom is -0.384 e. The van der Waals surface area contributed by atoms with Gasteiger partial charge in [-0.1, -0.05) is 73.0 Å². The predicted octanol–water partition coefficient (Wildman–Crippen LogP) is 4.68. The van der Waals surface area contributed by atoms with Crippen molar-refractivity contribution >= 4 is 34.6 Å². The smallest absolute Gasteiger partial charge is 0.202 e. The molecule has 0 spiro atoms. The van der Waals surface area contributed by atoms with Crippen LogP contribution in [0.2, 0.25) is 10.0 Å². The number of aliphatic hydroxyl groups is 2. The first-order valence-electron chi connectivity index (χ1n) is 8.11. The minimum absolute atomic E-state index is 0.213. The molecule has 0 saturated heterocycles. The number of hydrogen-bond donors (Lipinski definition) is 2. The SMILES string of the molecule is CCC/C=C1/C(=O)[C@@](O)(c2ccc(Cl)c(Cl)c2)[C@H](O)c2ccccc21. The summed E-state index contributed by atoms with van der Waals surface area (Å²) in [7, 11) is 0. The summed E-state index contributed by atoms with van der Waals surface area (Å²) < 4.78 is 0. The Balaban J connectivity index is 2.23. The van der Waals surface area contributed by atoms with E-state index in [4.69, 9.17) is 23.2 Å². The van der Waals surface area contributed by atoms with E-state index in [1.54, 1.807) is 18.2 Å². The molecule has 3 rings (SSSR count). The third kappa shape index (κ3) is 2.91. The summed E-state index contributed by atoms with van der Waals surface area (Å²) in [4.78, 5) is 13.2. The Kier molecular flexibility index (Phi) is 5.03. The summed E-state index contributed by atoms with van der Waals surface area (Å²) in [6.07, 6.45) is 1.98. The van der Waals surface area contributed by atoms with Crippen LogP contribution in [0.15, 0.2) is 48.5 Å². The maximum atomic E-state index is 13.2. The van der Waals surface area contributed by atoms with E-state index in [0.29, 0.717) is 28.1 Å². The van der Waals surface area contributed by atoms with Crippen molar-refractivity contribution < 1.29 is 15.0 Å². The summed E-state index contributed by atoms with van der Waals surface area (Å²) in [5.74, 6) is -0.537. The van der Waals surface area contributed by atoms with Crippen LogP contribution in [0.4, 0.5) is 0 Å². The Labute approximate surface area is 156 Å². The summed E-state index contributed by atoms with van der Waals surface area (Å²) in [5.41, 5.74) is -0.314. The zero-order chi connectivity index (χ0) is 18.2. The van der Waals surface area contributed by atoms with Gasteiger partial charge in [0, 0.05) is 5.57 Å². The van der Waals surface area contributed by atoms with Crippen LogP contribution in [0.1, 0.15) is 42.6 Å². The molecule has 0 fully saturated rings. The molecule has 0 radical (unpaired) electrons. The van der Waals surface area contributed by atoms with Crippen LogP contribution < -0.4 is 0 Å². The van der Waals surface area contributed by atoms with Crippen molar-refractivity contribution in [3.05, 3.63) is 75.3 Å². The van der Waals surface area contributed by atoms with E-state index in [-0.39, 0.29) is 10.6 Å². The zero-order valence-corrected chi connectivity index (χ0v) is 15.2. The fourth-order valence-electron chi connectivity index (χ4n) is 3.17. The molecule has 0 aliphatic heterocycles. The second kappa shape index (κ2) is 6.93. The van der Waals surface area contributed by atoms with Gasteiger partial charge in [-0.25, -0.2) is 0 Å². The normalized spacial score (nSPS) is 24.4. The molecule has 1 aliphatic rings. The highest BCUT2D eigenvalue weighted by Gasteiger charge is 2.51. The van der Waals surface area contributed by atoms with Crippen LogP contribution in [-0.4, -0.2) is 16.0 Å². The van der Waals surface area contributed by atoms with Gasteiger partial charge in [0.05, 0.1) is 10.0 Å². The Morgan fingerprint density at radius 2 is 1.88 bits per heavy atom. The van der Waals surface area contributed by atoms with Crippen LogP contribution in [0.25, 0.3) is 5.57 Å². The number of rotatable bonds is 3. The first-order chi connectivity index (χ1) is 11.9. The quantitative estimate of drug-likeness (QED) is 0.764. The highest BCUT2D eigenvalue weighted by Crippen LogP contribution is 2.47. The molecule has 25 heavy (non-hydrogen) atoms. The second-order valence-electron chi connectivity index (χ2n) is 6.12. The Morgan fingerprint density at radius 1 is 1.16 bits per heavy atom. The van der Waals surface area contributed by atoms with Gasteiger partial charge in [-0.05, 0) is 35.2 Å². The topological polar surface area (TPSA) is 57.5 Å². The number of benzene rings is 2. The number of carbonyl (C=O) groups excluding carboxylic acids is 1. The number of unbranched alkanes of at least 4 members (excludes halogenated alkanes) is 1. The van der Waals surface area contributed by atoms with E-state index >= 15 is 0 Å². The Bertz CT molecular complexity index is 860. The number of allylic oxidation sites excluding steroid dienone is 1. The number of fused-ring (bicyclic) bond motifs is 1. The molecule has 0 saturated carbocycles. The van der Waals surface area contributed by atoms with Gasteiger partial charge in [-0.15, -0.1) is 0 Å². The number of ketones is 1. The van der Waals surface area contributed by atoms with Crippen molar-refractivity contribution in [3.8, 4) is 0 Å². The predicted molar refractivity (Wildman–Crippen MR) is 99.7 cm³/mol. The average molecular weight is 377 g/mol. The van der Waals surface area contributed by atoms with Gasteiger partial charge >= 0.3 is 0 Å². The first kappa shape index (κ1) is 18.2. The molecule has 3 nitrogen and oxygen atoms in total. The average Bonchev–Trinajstić information content (AvgIpc) is 2.62. The van der Waals surface area contributed by atoms with Gasteiger partial charge in [-0.2, -0.15) is 0 Å². The van der Waals surface area contributed by atoms with Gasteiger partial charge < -0.3 is 10.2 Å². The first-order valence-corrected chi connectivity index (χ1v) is 8.87. The van der Waals surface area contributed by atoms with Crippen molar-refractivity contribution in [2.75, 3.05) is 0 Å². The monoisotopic (exact) mass is 376 g/mol. The van der Waals surface area contributed by atoms with Crippen molar-refractivity contribution in [2.45, 2.75) is 31.5 Å². The molecule has 0 unspecified atom stereocenters. The van der Waals surface area contributed by atoms with Gasteiger partial charge in [0.1, 0.15) is 6.10 Å². The van der Waals surface area contributed by atoms with Crippen molar-refractivity contribution in [1.29, 1.82) is 0 Å². The number of halogens is 2. The van der Waals surface area contributed by atoms with Gasteiger partial charge in [0.15, 0.2) is 5.60 Å². The van der Waals surface area contributed by atoms with Gasteiger partial charge in [-0.3, -0.25) is 4.79 Å². The fourth-order valence-corrected chi connectivity index (χ4v) is 3.47. The van der Waals surface area contributed by atoms with E-state index in [1.165, 1.54) is 18.2 Å². The Morgan fingerprint density at radius 3 is 2.56 bits per heavy atom. The summed E-state index contributed by atoms with van der Waals surface area (Å²) in [6.45, 7) is 2.01. The van der Waals surface area contributed by atoms with E-state index in [1.807, 2.05) is 19.1 Å². The van der Waals surface area contributed by atoms with Crippen molar-refractivity contribution in [3.63, 3.8) is 0 Å². The summed E-state index contributed by atoms with van der Waals surface area (Å²) >= 11 is 12.0. The summed E-state index contributed by atoms with van der Waals surface area (Å²) in [6, 6.07) is 11.5. The van der Waals surface area contributed by atoms with E-state index in [2.05, 4.69) is 0 Å². The summed E-state index contributed by atoms with van der Waals surface area (Å²) in [5, 5.41) is 22.6. The Hall–Kier alpha value is -1.65. The van der Waals surface area contributed by atoms with E-state index in [0.717, 1.165) is 6.42 Å². The number of Topliss-reactive ketones (excluding diaryl/α,β-unsaturated/α-hetero) is 1. The molecule has 2 aromatic rings. The third-order valence-corrected chi connectivity index (χ3v) is 5.27. The lowest BCUT2D eigenvalue weighted by Crippen LogP contribution is -2.45. The van der Waals surface area contributed by atoms with Crippen LogP contribution in [-0.2, 0) is 10.4 Å². The second-order valence-corrected chi connectivity index (χ2v) is 6.94. The van der Waals surface area contributed by atoms with Crippen molar-refractivity contribution in [2.24, 2.45) is 0 Å². The van der Waals surface area contributed by atoms with E-state index in [9.17, 15) is 15.0 Å². The fraction of sp³-hybridized carbons (Fsp3) is 0.250. The molecule has 2 N–H and O–H groups in total. The molecule has 0 aromatic heterocycles. The maximum absolute atomic E-state index is 13.2. The highest BCUT2D eigenvalue weighted by atomic mass is 35.5. The number of aliphatic hydroxyl groups excluding tert-OH is 1.